The first-order valence-electron chi connectivity index (χ1n) is 8.94. The Morgan fingerprint density at radius 2 is 2.04 bits per heavy atom. The van der Waals surface area contributed by atoms with Gasteiger partial charge >= 0.3 is 0 Å². The van der Waals surface area contributed by atoms with Crippen LogP contribution in [-0.2, 0) is 13.1 Å². The maximum atomic E-state index is 12.2. The van der Waals surface area contributed by atoms with E-state index in [1.807, 2.05) is 43.1 Å². The Hall–Kier alpha value is -3.00. The van der Waals surface area contributed by atoms with E-state index in [0.29, 0.717) is 18.9 Å². The Labute approximate surface area is 169 Å². The van der Waals surface area contributed by atoms with Crippen LogP contribution in [0.4, 0.5) is 0 Å². The van der Waals surface area contributed by atoms with E-state index in [2.05, 4.69) is 31.5 Å². The number of fused-ring (bicyclic) bond motifs is 5. The highest BCUT2D eigenvalue weighted by Gasteiger charge is 2.24. The molecule has 0 atom stereocenters. The number of aryl methyl sites for hydroxylation is 2. The molecule has 0 unspecified atom stereocenters. The van der Waals surface area contributed by atoms with E-state index in [1.54, 1.807) is 16.7 Å². The maximum absolute atomic E-state index is 12.2. The van der Waals surface area contributed by atoms with Gasteiger partial charge in [-0.25, -0.2) is 14.6 Å². The smallest absolute Gasteiger partial charge is 0.251 e. The quantitative estimate of drug-likeness (QED) is 0.426. The highest BCUT2D eigenvalue weighted by atomic mass is 79.9. The highest BCUT2D eigenvalue weighted by molar-refractivity contribution is 9.10. The number of benzene rings is 1. The van der Waals surface area contributed by atoms with Crippen molar-refractivity contribution in [1.82, 2.24) is 28.9 Å². The minimum Gasteiger partial charge on any atom is -0.305 e. The number of halogens is 1. The molecule has 0 aliphatic carbocycles. The minimum absolute atomic E-state index is 0.0536. The molecule has 5 rings (SSSR count). The van der Waals surface area contributed by atoms with Crippen molar-refractivity contribution in [2.45, 2.75) is 26.9 Å². The third-order valence-corrected chi connectivity index (χ3v) is 5.61. The number of aromatic nitrogens is 6. The van der Waals surface area contributed by atoms with Crippen molar-refractivity contribution >= 4 is 15.9 Å². The molecule has 0 bridgehead atoms. The van der Waals surface area contributed by atoms with E-state index >= 15 is 0 Å². The molecule has 1 aliphatic rings. The predicted octanol–water partition coefficient (Wildman–Crippen LogP) is 3.08. The van der Waals surface area contributed by atoms with Crippen LogP contribution in [0.3, 0.4) is 0 Å². The fourth-order valence-electron chi connectivity index (χ4n) is 3.63. The van der Waals surface area contributed by atoms with E-state index in [4.69, 9.17) is 10.1 Å². The summed E-state index contributed by atoms with van der Waals surface area (Å²) in [7, 11) is 0. The summed E-state index contributed by atoms with van der Waals surface area (Å²) in [6.45, 7) is 4.83. The second-order valence-electron chi connectivity index (χ2n) is 6.91. The lowest BCUT2D eigenvalue weighted by molar-refractivity contribution is 0.636. The summed E-state index contributed by atoms with van der Waals surface area (Å²) < 4.78 is 6.65. The monoisotopic (exact) mass is 436 g/mol. The fraction of sp³-hybridized carbons (Fsp3) is 0.200. The number of rotatable bonds is 2. The molecule has 8 heteroatoms. The van der Waals surface area contributed by atoms with Crippen molar-refractivity contribution < 1.29 is 0 Å². The van der Waals surface area contributed by atoms with Gasteiger partial charge in [-0.2, -0.15) is 5.10 Å². The van der Waals surface area contributed by atoms with Crippen molar-refractivity contribution in [1.29, 1.82) is 0 Å². The minimum atomic E-state index is -0.0536. The van der Waals surface area contributed by atoms with Crippen LogP contribution in [0.15, 0.2) is 52.0 Å². The molecule has 0 N–H and O–H groups in total. The van der Waals surface area contributed by atoms with Crippen LogP contribution in [0.1, 0.15) is 22.9 Å². The van der Waals surface area contributed by atoms with E-state index < -0.39 is 0 Å². The molecule has 140 valence electrons. The number of nitrogens with zero attached hydrogens (tertiary/aromatic N) is 6. The summed E-state index contributed by atoms with van der Waals surface area (Å²) >= 11 is 3.56. The number of hydrogen-bond acceptors (Lipinski definition) is 4. The Morgan fingerprint density at radius 3 is 2.86 bits per heavy atom. The first kappa shape index (κ1) is 17.1. The summed E-state index contributed by atoms with van der Waals surface area (Å²) in [5.41, 5.74) is 4.86. The van der Waals surface area contributed by atoms with Gasteiger partial charge in [0.2, 0.25) is 0 Å². The number of imidazole rings is 1. The van der Waals surface area contributed by atoms with E-state index in [9.17, 15) is 4.79 Å². The SMILES string of the molecule is Cc1ncn2c1Cn1nc(Cn3c(C)cccc3=O)nc1-c1cc(Br)ccc1-2. The topological polar surface area (TPSA) is 70.5 Å². The number of hydrogen-bond donors (Lipinski definition) is 0. The molecule has 4 heterocycles. The van der Waals surface area contributed by atoms with Gasteiger partial charge in [0.1, 0.15) is 0 Å². The van der Waals surface area contributed by atoms with Gasteiger partial charge in [-0.15, -0.1) is 0 Å². The van der Waals surface area contributed by atoms with Crippen LogP contribution in [0.5, 0.6) is 0 Å². The Morgan fingerprint density at radius 1 is 1.18 bits per heavy atom. The summed E-state index contributed by atoms with van der Waals surface area (Å²) in [6, 6.07) is 11.3. The van der Waals surface area contributed by atoms with Crippen LogP contribution in [0.2, 0.25) is 0 Å². The van der Waals surface area contributed by atoms with Gasteiger partial charge < -0.3 is 9.13 Å². The predicted molar refractivity (Wildman–Crippen MR) is 109 cm³/mol. The first-order valence-corrected chi connectivity index (χ1v) is 9.74. The van der Waals surface area contributed by atoms with Crippen LogP contribution < -0.4 is 5.56 Å². The average molecular weight is 437 g/mol. The zero-order valence-corrected chi connectivity index (χ0v) is 17.0. The van der Waals surface area contributed by atoms with E-state index in [0.717, 1.165) is 38.6 Å². The second-order valence-corrected chi connectivity index (χ2v) is 7.82. The van der Waals surface area contributed by atoms with Gasteiger partial charge in [-0.1, -0.05) is 22.0 Å². The second kappa shape index (κ2) is 6.27. The van der Waals surface area contributed by atoms with Crippen molar-refractivity contribution in [3.63, 3.8) is 0 Å². The molecule has 3 aromatic heterocycles. The van der Waals surface area contributed by atoms with Crippen molar-refractivity contribution in [3.05, 3.63) is 80.5 Å². The molecule has 0 spiro atoms. The molecule has 0 radical (unpaired) electrons. The summed E-state index contributed by atoms with van der Waals surface area (Å²) in [4.78, 5) is 21.5. The molecule has 0 amide bonds. The van der Waals surface area contributed by atoms with Crippen LogP contribution in [0, 0.1) is 13.8 Å². The molecule has 0 fully saturated rings. The third-order valence-electron chi connectivity index (χ3n) is 5.12. The zero-order valence-electron chi connectivity index (χ0n) is 15.4. The standard InChI is InChI=1S/C20H17BrN6O/c1-12-4-3-5-19(28)25(12)10-18-23-20-15-8-14(21)6-7-16(15)26-11-22-13(2)17(26)9-27(20)24-18/h3-8,11H,9-10H2,1-2H3. The maximum Gasteiger partial charge on any atom is 0.251 e. The first-order chi connectivity index (χ1) is 13.5. The molecule has 4 aromatic rings. The number of pyridine rings is 1. The van der Waals surface area contributed by atoms with Gasteiger partial charge in [-0.05, 0) is 38.1 Å². The normalized spacial score (nSPS) is 12.2. The Bertz CT molecular complexity index is 1280. The lowest BCUT2D eigenvalue weighted by atomic mass is 10.1. The molecule has 0 saturated heterocycles. The molecular weight excluding hydrogens is 420 g/mol. The fourth-order valence-corrected chi connectivity index (χ4v) is 3.99. The van der Waals surface area contributed by atoms with Crippen molar-refractivity contribution in [2.24, 2.45) is 0 Å². The van der Waals surface area contributed by atoms with Gasteiger partial charge in [0, 0.05) is 21.8 Å². The van der Waals surface area contributed by atoms with Crippen LogP contribution >= 0.6 is 15.9 Å². The summed E-state index contributed by atoms with van der Waals surface area (Å²) in [6.07, 6.45) is 1.84. The molecule has 7 nitrogen and oxygen atoms in total. The van der Waals surface area contributed by atoms with E-state index in [-0.39, 0.29) is 5.56 Å². The van der Waals surface area contributed by atoms with Crippen molar-refractivity contribution in [3.8, 4) is 17.1 Å². The third kappa shape index (κ3) is 2.63. The average Bonchev–Trinajstić information content (AvgIpc) is 3.20. The van der Waals surface area contributed by atoms with Crippen LogP contribution in [-0.4, -0.2) is 28.9 Å². The van der Waals surface area contributed by atoms with Crippen molar-refractivity contribution in [2.75, 3.05) is 0 Å². The summed E-state index contributed by atoms with van der Waals surface area (Å²) in [5.74, 6) is 1.40. The molecule has 1 aliphatic heterocycles. The molecule has 1 aromatic carbocycles. The summed E-state index contributed by atoms with van der Waals surface area (Å²) in [5, 5.41) is 4.73. The largest absolute Gasteiger partial charge is 0.305 e. The lowest BCUT2D eigenvalue weighted by Gasteiger charge is -2.09. The van der Waals surface area contributed by atoms with Gasteiger partial charge in [0.05, 0.1) is 36.5 Å². The Kier molecular flexibility index (Phi) is 3.83. The van der Waals surface area contributed by atoms with E-state index in [1.165, 1.54) is 0 Å². The van der Waals surface area contributed by atoms with Gasteiger partial charge in [-0.3, -0.25) is 4.79 Å². The van der Waals surface area contributed by atoms with Crippen LogP contribution in [0.25, 0.3) is 17.1 Å². The Balaban J connectivity index is 1.68. The van der Waals surface area contributed by atoms with Gasteiger partial charge in [0.15, 0.2) is 11.6 Å². The van der Waals surface area contributed by atoms with Gasteiger partial charge in [0.25, 0.3) is 5.56 Å². The highest BCUT2D eigenvalue weighted by Crippen LogP contribution is 2.33. The molecule has 28 heavy (non-hydrogen) atoms. The zero-order chi connectivity index (χ0) is 19.4. The lowest BCUT2D eigenvalue weighted by Crippen LogP contribution is -2.22. The molecule has 0 saturated carbocycles. The molecular formula is C20H17BrN6O.